The molecule has 4 bridgehead atoms. The van der Waals surface area contributed by atoms with Gasteiger partial charge in [-0.1, -0.05) is 17.3 Å². The second-order valence-electron chi connectivity index (χ2n) is 17.5. The molecule has 2 aromatic carbocycles. The van der Waals surface area contributed by atoms with Gasteiger partial charge in [-0.2, -0.15) is 18.4 Å². The van der Waals surface area contributed by atoms with E-state index < -0.39 is 28.7 Å². The van der Waals surface area contributed by atoms with Gasteiger partial charge in [0.2, 0.25) is 0 Å². The Hall–Kier alpha value is -4.51. The molecule has 0 radical (unpaired) electrons. The van der Waals surface area contributed by atoms with Gasteiger partial charge in [-0.3, -0.25) is 14.5 Å². The molecule has 4 aliphatic carbocycles. The third-order valence-corrected chi connectivity index (χ3v) is 12.9. The molecule has 14 nitrogen and oxygen atoms in total. The Bertz CT molecular complexity index is 2070. The summed E-state index contributed by atoms with van der Waals surface area (Å²) in [5, 5.41) is 17.6. The summed E-state index contributed by atoms with van der Waals surface area (Å²) >= 11 is 5.62. The summed E-state index contributed by atoms with van der Waals surface area (Å²) in [6.07, 6.45) is 5.25. The molecule has 1 aliphatic heterocycles. The smallest absolute Gasteiger partial charge is 0.417 e. The number of aromatic nitrogens is 3. The van der Waals surface area contributed by atoms with Crippen LogP contribution in [-0.4, -0.2) is 108 Å². The van der Waals surface area contributed by atoms with Crippen molar-refractivity contribution in [3.05, 3.63) is 71.0 Å². The summed E-state index contributed by atoms with van der Waals surface area (Å²) in [6.45, 7) is 7.71. The number of hydrogen-bond acceptors (Lipinski definition) is 12. The first kappa shape index (κ1) is 46.5. The van der Waals surface area contributed by atoms with Crippen molar-refractivity contribution >= 4 is 34.9 Å². The Morgan fingerprint density at radius 3 is 1.92 bits per heavy atom. The number of ether oxygens (including phenoxy) is 6. The predicted molar refractivity (Wildman–Crippen MR) is 226 cm³/mol. The predicted octanol–water partition coefficient (Wildman–Crippen LogP) is 6.80. The average molecular weight is 897 g/mol. The maximum atomic E-state index is 13.7. The minimum Gasteiger partial charge on any atom is -0.463 e. The van der Waals surface area contributed by atoms with Gasteiger partial charge in [-0.25, -0.2) is 4.68 Å². The number of hydrogen-bond donors (Lipinski definition) is 0. The maximum absolute atomic E-state index is 13.7. The highest BCUT2D eigenvalue weighted by Crippen LogP contribution is 2.61. The van der Waals surface area contributed by atoms with E-state index in [1.54, 1.807) is 35.7 Å². The number of anilines is 1. The lowest BCUT2D eigenvalue weighted by Gasteiger charge is -2.56. The van der Waals surface area contributed by atoms with Gasteiger partial charge >= 0.3 is 12.1 Å². The first-order valence-corrected chi connectivity index (χ1v) is 22.0. The van der Waals surface area contributed by atoms with Crippen molar-refractivity contribution in [2.45, 2.75) is 83.7 Å². The Morgan fingerprint density at radius 1 is 0.825 bits per heavy atom. The number of carbonyl (C=O) groups is 2. The number of esters is 1. The van der Waals surface area contributed by atoms with Gasteiger partial charge in [0.25, 0.3) is 5.91 Å². The molecule has 0 unspecified atom stereocenters. The highest BCUT2D eigenvalue weighted by molar-refractivity contribution is 7.80. The molecule has 63 heavy (non-hydrogen) atoms. The second-order valence-corrected chi connectivity index (χ2v) is 17.9. The Balaban J connectivity index is 0.707. The summed E-state index contributed by atoms with van der Waals surface area (Å²) in [4.78, 5) is 28.8. The second kappa shape index (κ2) is 20.5. The van der Waals surface area contributed by atoms with Crippen LogP contribution in [0.15, 0.2) is 48.7 Å². The number of halogens is 3. The molecule has 0 spiro atoms. The fourth-order valence-electron chi connectivity index (χ4n) is 9.89. The largest absolute Gasteiger partial charge is 0.463 e. The van der Waals surface area contributed by atoms with Crippen molar-refractivity contribution in [2.75, 3.05) is 71.0 Å². The maximum Gasteiger partial charge on any atom is 0.417 e. The quantitative estimate of drug-likeness (QED) is 0.0558. The van der Waals surface area contributed by atoms with E-state index in [2.05, 4.69) is 10.3 Å². The van der Waals surface area contributed by atoms with Crippen LogP contribution in [0.2, 0.25) is 0 Å². The van der Waals surface area contributed by atoms with E-state index in [1.807, 2.05) is 24.3 Å². The molecule has 5 aliphatic rings. The average Bonchev–Trinajstić information content (AvgIpc) is 3.77. The van der Waals surface area contributed by atoms with Crippen LogP contribution in [-0.2, 0) is 57.3 Å². The van der Waals surface area contributed by atoms with Crippen molar-refractivity contribution in [1.82, 2.24) is 19.9 Å². The number of benzene rings is 2. The van der Waals surface area contributed by atoms with E-state index in [-0.39, 0.29) is 41.9 Å². The molecule has 2 heterocycles. The highest BCUT2D eigenvalue weighted by Gasteiger charge is 2.52. The monoisotopic (exact) mass is 896 g/mol. The number of carbonyl (C=O) groups excluding carboxylic acids is 2. The van der Waals surface area contributed by atoms with Gasteiger partial charge in [0, 0.05) is 6.54 Å². The molecule has 1 amide bonds. The molecule has 0 atom stereocenters. The zero-order valence-electron chi connectivity index (χ0n) is 35.8. The number of nitrogens with zero attached hydrogens (tertiary/aromatic N) is 6. The SMILES string of the molecule is CC1(C)C(=O)N(c2ccc(C#N)c(C(F)(F)F)c2)C(=S)N1Cc1ccc(-n2cc(COCCOCCOCCOCCOCCOC(=O)CC34CC5CC(CC(C5)C3)C4)nn2)cc1. The van der Waals surface area contributed by atoms with E-state index in [0.717, 1.165) is 46.0 Å². The van der Waals surface area contributed by atoms with E-state index >= 15 is 0 Å². The highest BCUT2D eigenvalue weighted by atomic mass is 32.1. The Morgan fingerprint density at radius 2 is 1.37 bits per heavy atom. The fourth-order valence-corrected chi connectivity index (χ4v) is 10.4. The molecular formula is C45H55F3N6O8S. The summed E-state index contributed by atoms with van der Waals surface area (Å²) in [5.41, 5.74) is -0.527. The van der Waals surface area contributed by atoms with Crippen LogP contribution >= 0.6 is 12.2 Å². The van der Waals surface area contributed by atoms with E-state index in [0.29, 0.717) is 71.6 Å². The lowest BCUT2D eigenvalue weighted by molar-refractivity contribution is -0.153. The van der Waals surface area contributed by atoms with E-state index in [4.69, 9.17) is 40.6 Å². The lowest BCUT2D eigenvalue weighted by Crippen LogP contribution is -2.47. The van der Waals surface area contributed by atoms with E-state index in [9.17, 15) is 28.0 Å². The van der Waals surface area contributed by atoms with Crippen LogP contribution < -0.4 is 4.90 Å². The van der Waals surface area contributed by atoms with Gasteiger partial charge < -0.3 is 33.3 Å². The zero-order valence-corrected chi connectivity index (χ0v) is 36.6. The fraction of sp³-hybridized carbons (Fsp3) is 0.600. The summed E-state index contributed by atoms with van der Waals surface area (Å²) in [7, 11) is 0. The lowest BCUT2D eigenvalue weighted by atomic mass is 9.49. The molecule has 0 N–H and O–H groups in total. The first-order valence-electron chi connectivity index (χ1n) is 21.6. The van der Waals surface area contributed by atoms with Crippen LogP contribution in [0.25, 0.3) is 5.69 Å². The normalized spacial score (nSPS) is 22.6. The minimum atomic E-state index is -4.78. The Labute approximate surface area is 370 Å². The number of amides is 1. The van der Waals surface area contributed by atoms with Gasteiger partial charge in [-0.05, 0) is 124 Å². The van der Waals surface area contributed by atoms with Gasteiger partial charge in [0.15, 0.2) is 5.11 Å². The standard InChI is InChI=1S/C45H55F3N6O8S/c1-43(2)41(56)54(38-8-5-35(27-49)39(22-38)45(46,47)48)42(63)52(43)28-31-3-6-37(7-4-31)53-29-36(50-51-53)30-61-16-15-59-12-11-57-9-10-58-13-14-60-17-18-62-40(55)26-44-23-32-19-33(24-44)21-34(20-32)25-44/h3-8,22,29,32-34H,9-21,23-26,28,30H2,1-2H3. The third kappa shape index (κ3) is 11.6. The van der Waals surface area contributed by atoms with Gasteiger partial charge in [-0.15, -0.1) is 5.10 Å². The third-order valence-electron chi connectivity index (χ3n) is 12.5. The summed E-state index contributed by atoms with van der Waals surface area (Å²) in [6, 6.07) is 12.0. The number of thiocarbonyl (C=S) groups is 1. The van der Waals surface area contributed by atoms with Crippen molar-refractivity contribution in [1.29, 1.82) is 5.26 Å². The molecule has 1 aromatic heterocycles. The van der Waals surface area contributed by atoms with Crippen molar-refractivity contribution < 1.29 is 51.2 Å². The molecule has 18 heteroatoms. The van der Waals surface area contributed by atoms with Gasteiger partial charge in [0.05, 0.1) is 107 Å². The molecule has 5 fully saturated rings. The first-order chi connectivity index (χ1) is 30.2. The van der Waals surface area contributed by atoms with Crippen LogP contribution in [0.4, 0.5) is 18.9 Å². The molecule has 1 saturated heterocycles. The molecular weight excluding hydrogens is 842 g/mol. The van der Waals surface area contributed by atoms with Crippen LogP contribution in [0, 0.1) is 34.5 Å². The Kier molecular flexibility index (Phi) is 15.2. The summed E-state index contributed by atoms with van der Waals surface area (Å²) < 4.78 is 76.1. The van der Waals surface area contributed by atoms with Crippen molar-refractivity contribution in [2.24, 2.45) is 23.2 Å². The zero-order chi connectivity index (χ0) is 44.6. The molecule has 3 aromatic rings. The van der Waals surface area contributed by atoms with Crippen LogP contribution in [0.3, 0.4) is 0 Å². The topological polar surface area (TPSA) is 150 Å². The molecule has 4 saturated carbocycles. The van der Waals surface area contributed by atoms with Crippen molar-refractivity contribution in [3.63, 3.8) is 0 Å². The molecule has 8 rings (SSSR count). The van der Waals surface area contributed by atoms with E-state index in [1.165, 1.54) is 44.6 Å². The van der Waals surface area contributed by atoms with Crippen LogP contribution in [0.1, 0.15) is 81.2 Å². The summed E-state index contributed by atoms with van der Waals surface area (Å²) in [5.74, 6) is 1.91. The molecule has 340 valence electrons. The number of alkyl halides is 3. The number of rotatable bonds is 23. The minimum absolute atomic E-state index is 0.0560. The number of nitriles is 1. The van der Waals surface area contributed by atoms with Gasteiger partial charge in [0.1, 0.15) is 17.8 Å². The van der Waals surface area contributed by atoms with Crippen molar-refractivity contribution in [3.8, 4) is 11.8 Å². The van der Waals surface area contributed by atoms with Crippen LogP contribution in [0.5, 0.6) is 0 Å².